The summed E-state index contributed by atoms with van der Waals surface area (Å²) in [5, 5.41) is 2.70. The number of aromatic nitrogens is 1. The van der Waals surface area contributed by atoms with Crippen molar-refractivity contribution in [2.75, 3.05) is 11.9 Å². The van der Waals surface area contributed by atoms with E-state index >= 15 is 0 Å². The van der Waals surface area contributed by atoms with E-state index in [4.69, 9.17) is 11.2 Å². The van der Waals surface area contributed by atoms with Crippen LogP contribution in [0.4, 0.5) is 10.1 Å². The number of benzene rings is 1. The highest BCUT2D eigenvalue weighted by Gasteiger charge is 2.34. The van der Waals surface area contributed by atoms with Crippen LogP contribution in [0.1, 0.15) is 64.9 Å². The number of ketones is 2. The Balaban J connectivity index is 2.28. The average Bonchev–Trinajstić information content (AvgIpc) is 3.01. The second-order valence-electron chi connectivity index (χ2n) is 9.31. The molecular formula is C27H31FN2O5. The zero-order valence-corrected chi connectivity index (χ0v) is 21.2. The van der Waals surface area contributed by atoms with E-state index < -0.39 is 34.7 Å². The molecule has 0 aliphatic carbocycles. The molecule has 1 aromatic heterocycles. The van der Waals surface area contributed by atoms with Gasteiger partial charge in [-0.25, -0.2) is 4.39 Å². The van der Waals surface area contributed by atoms with E-state index in [9.17, 15) is 23.6 Å². The van der Waals surface area contributed by atoms with Crippen LogP contribution in [0.2, 0.25) is 0 Å². The van der Waals surface area contributed by atoms with Crippen molar-refractivity contribution < 1.29 is 28.3 Å². The summed E-state index contributed by atoms with van der Waals surface area (Å²) in [6.07, 6.45) is 5.27. The first-order valence-corrected chi connectivity index (χ1v) is 11.2. The number of Topliss-reactive ketones (excluding diaryl/α,β-unsaturated/α-hetero) is 2. The Labute approximate surface area is 205 Å². The van der Waals surface area contributed by atoms with Crippen LogP contribution in [-0.4, -0.2) is 34.6 Å². The molecule has 2 aromatic rings. The maximum absolute atomic E-state index is 13.6. The van der Waals surface area contributed by atoms with Gasteiger partial charge in [0, 0.05) is 24.8 Å². The van der Waals surface area contributed by atoms with Crippen molar-refractivity contribution in [2.24, 2.45) is 18.4 Å². The van der Waals surface area contributed by atoms with Gasteiger partial charge in [-0.1, -0.05) is 19.8 Å². The van der Waals surface area contributed by atoms with Gasteiger partial charge >= 0.3 is 5.97 Å². The lowest BCUT2D eigenvalue weighted by atomic mass is 9.84. The number of esters is 1. The highest BCUT2D eigenvalue weighted by Crippen LogP contribution is 2.27. The zero-order valence-electron chi connectivity index (χ0n) is 21.2. The third-order valence-electron chi connectivity index (χ3n) is 5.95. The van der Waals surface area contributed by atoms with Gasteiger partial charge in [0.25, 0.3) is 5.91 Å². The molecule has 0 saturated carbocycles. The Morgan fingerprint density at radius 3 is 2.37 bits per heavy atom. The highest BCUT2D eigenvalue weighted by atomic mass is 19.1. The Hall–Kier alpha value is -3.73. The van der Waals surface area contributed by atoms with Gasteiger partial charge < -0.3 is 14.6 Å². The van der Waals surface area contributed by atoms with Crippen molar-refractivity contribution in [1.82, 2.24) is 4.57 Å². The molecule has 186 valence electrons. The fourth-order valence-electron chi connectivity index (χ4n) is 3.66. The van der Waals surface area contributed by atoms with Crippen molar-refractivity contribution in [1.29, 1.82) is 0 Å². The van der Waals surface area contributed by atoms with E-state index in [1.54, 1.807) is 48.6 Å². The zero-order chi connectivity index (χ0) is 26.7. The molecule has 1 unspecified atom stereocenters. The molecule has 35 heavy (non-hydrogen) atoms. The minimum atomic E-state index is -1.16. The number of hydrogen-bond donors (Lipinski definition) is 1. The number of aryl methyl sites for hydroxylation is 1. The number of amides is 1. The maximum Gasteiger partial charge on any atom is 0.308 e. The van der Waals surface area contributed by atoms with Crippen LogP contribution in [0.3, 0.4) is 0 Å². The fraction of sp³-hybridized carbons (Fsp3) is 0.407. The molecule has 1 atom stereocenters. The Morgan fingerprint density at radius 2 is 1.83 bits per heavy atom. The van der Waals surface area contributed by atoms with Crippen LogP contribution >= 0.6 is 0 Å². The summed E-state index contributed by atoms with van der Waals surface area (Å²) in [6.45, 7) is 9.53. The molecule has 1 heterocycles. The first-order chi connectivity index (χ1) is 16.2. The lowest BCUT2D eigenvalue weighted by Crippen LogP contribution is -2.30. The van der Waals surface area contributed by atoms with Crippen molar-refractivity contribution >= 4 is 29.1 Å². The predicted octanol–water partition coefficient (Wildman–Crippen LogP) is 4.32. The Bertz CT molecular complexity index is 1240. The van der Waals surface area contributed by atoms with Gasteiger partial charge in [0.1, 0.15) is 18.1 Å². The highest BCUT2D eigenvalue weighted by molar-refractivity contribution is 6.44. The van der Waals surface area contributed by atoms with Crippen LogP contribution in [0.25, 0.3) is 0 Å². The van der Waals surface area contributed by atoms with Crippen molar-refractivity contribution in [3.63, 3.8) is 0 Å². The van der Waals surface area contributed by atoms with E-state index in [-0.39, 0.29) is 30.2 Å². The van der Waals surface area contributed by atoms with E-state index in [0.717, 1.165) is 0 Å². The smallest absolute Gasteiger partial charge is 0.308 e. The molecule has 0 spiro atoms. The van der Waals surface area contributed by atoms with Gasteiger partial charge in [-0.05, 0) is 57.0 Å². The molecule has 7 nitrogen and oxygen atoms in total. The molecule has 0 aliphatic heterocycles. The molecule has 0 bridgehead atoms. The fourth-order valence-corrected chi connectivity index (χ4v) is 3.66. The van der Waals surface area contributed by atoms with Crippen LogP contribution in [0, 0.1) is 50.3 Å². The Morgan fingerprint density at radius 1 is 1.20 bits per heavy atom. The summed E-state index contributed by atoms with van der Waals surface area (Å²) in [6, 6.07) is 4.19. The summed E-state index contributed by atoms with van der Waals surface area (Å²) in [5.74, 6) is -0.754. The van der Waals surface area contributed by atoms with Gasteiger partial charge in [0.2, 0.25) is 11.6 Å². The largest absolute Gasteiger partial charge is 0.464 e. The standard InChI is InChI=1S/C27H31FN2O5/c1-9-27(7,14-35-26(34)15(2)3)13-21(31)24(32)22-17(5)23(30(8)18(22)6)25(33)29-19-10-11-20(28)16(4)12-19/h1,10-12,15H,13-14H2,2-8H3,(H,29,33). The van der Waals surface area contributed by atoms with Crippen LogP contribution in [-0.2, 0) is 21.4 Å². The lowest BCUT2D eigenvalue weighted by Gasteiger charge is -2.22. The van der Waals surface area contributed by atoms with Crippen molar-refractivity contribution in [3.8, 4) is 12.3 Å². The number of hydrogen-bond acceptors (Lipinski definition) is 5. The molecule has 8 heteroatoms. The SMILES string of the molecule is C#CC(C)(COC(=O)C(C)C)CC(=O)C(=O)c1c(C)c(C(=O)Nc2ccc(F)c(C)c2)n(C)c1C. The summed E-state index contributed by atoms with van der Waals surface area (Å²) < 4.78 is 20.3. The molecule has 0 saturated heterocycles. The number of carbonyl (C=O) groups is 4. The Kier molecular flexibility index (Phi) is 8.40. The van der Waals surface area contributed by atoms with Gasteiger partial charge in [0.05, 0.1) is 16.9 Å². The topological polar surface area (TPSA) is 94.5 Å². The molecule has 1 N–H and O–H groups in total. The molecule has 1 amide bonds. The molecule has 0 aliphatic rings. The number of anilines is 1. The van der Waals surface area contributed by atoms with Crippen LogP contribution in [0.15, 0.2) is 18.2 Å². The van der Waals surface area contributed by atoms with E-state index in [0.29, 0.717) is 22.5 Å². The summed E-state index contributed by atoms with van der Waals surface area (Å²) >= 11 is 0. The lowest BCUT2D eigenvalue weighted by molar-refractivity contribution is -0.150. The third kappa shape index (κ3) is 6.04. The van der Waals surface area contributed by atoms with Gasteiger partial charge in [-0.15, -0.1) is 6.42 Å². The van der Waals surface area contributed by atoms with Gasteiger partial charge in [0.15, 0.2) is 0 Å². The van der Waals surface area contributed by atoms with E-state index in [2.05, 4.69) is 11.2 Å². The number of rotatable bonds is 9. The molecular weight excluding hydrogens is 451 g/mol. The number of nitrogens with one attached hydrogen (secondary N) is 1. The summed E-state index contributed by atoms with van der Waals surface area (Å²) in [4.78, 5) is 50.9. The number of ether oxygens (including phenoxy) is 1. The van der Waals surface area contributed by atoms with Crippen LogP contribution < -0.4 is 5.32 Å². The predicted molar refractivity (Wildman–Crippen MR) is 131 cm³/mol. The summed E-state index contributed by atoms with van der Waals surface area (Å²) in [5.41, 5.74) is 0.719. The summed E-state index contributed by atoms with van der Waals surface area (Å²) in [7, 11) is 1.62. The second kappa shape index (κ2) is 10.7. The van der Waals surface area contributed by atoms with Gasteiger partial charge in [-0.2, -0.15) is 0 Å². The first kappa shape index (κ1) is 27.5. The van der Waals surface area contributed by atoms with Gasteiger partial charge in [-0.3, -0.25) is 19.2 Å². The van der Waals surface area contributed by atoms with E-state index in [1.165, 1.54) is 22.8 Å². The molecule has 0 fully saturated rings. The van der Waals surface area contributed by atoms with Crippen molar-refractivity contribution in [3.05, 3.63) is 52.1 Å². The monoisotopic (exact) mass is 482 g/mol. The third-order valence-corrected chi connectivity index (χ3v) is 5.95. The first-order valence-electron chi connectivity index (χ1n) is 11.2. The number of carbonyl (C=O) groups excluding carboxylic acids is 4. The maximum atomic E-state index is 13.6. The minimum Gasteiger partial charge on any atom is -0.464 e. The minimum absolute atomic E-state index is 0.122. The van der Waals surface area contributed by atoms with Crippen molar-refractivity contribution in [2.45, 2.75) is 48.0 Å². The number of halogens is 1. The number of terminal acetylenes is 1. The normalized spacial score (nSPS) is 12.6. The van der Waals surface area contributed by atoms with E-state index in [1.807, 2.05) is 0 Å². The molecule has 0 radical (unpaired) electrons. The van der Waals surface area contributed by atoms with Crippen LogP contribution in [0.5, 0.6) is 0 Å². The number of nitrogens with zero attached hydrogens (tertiary/aromatic N) is 1. The molecule has 2 rings (SSSR count). The second-order valence-corrected chi connectivity index (χ2v) is 9.31. The average molecular weight is 483 g/mol. The molecule has 1 aromatic carbocycles. The quantitative estimate of drug-likeness (QED) is 0.249.